The van der Waals surface area contributed by atoms with Crippen molar-refractivity contribution in [2.75, 3.05) is 33.3 Å². The number of amides is 4. The molecule has 9 nitrogen and oxygen atoms in total. The maximum Gasteiger partial charge on any atom is 0.335 e. The quantitative estimate of drug-likeness (QED) is 0.574. The monoisotopic (exact) mass is 412 g/mol. The van der Waals surface area contributed by atoms with Crippen LogP contribution in [0.2, 0.25) is 0 Å². The number of carbonyl (C=O) groups is 3. The lowest BCUT2D eigenvalue weighted by atomic mass is 10.0. The molecule has 1 heterocycles. The smallest absolute Gasteiger partial charge is 0.335 e. The van der Waals surface area contributed by atoms with Crippen molar-refractivity contribution in [2.45, 2.75) is 0 Å². The summed E-state index contributed by atoms with van der Waals surface area (Å²) in [4.78, 5) is 38.8. The van der Waals surface area contributed by atoms with Gasteiger partial charge >= 0.3 is 6.03 Å². The van der Waals surface area contributed by atoms with Crippen LogP contribution in [0.3, 0.4) is 0 Å². The van der Waals surface area contributed by atoms with Crippen LogP contribution in [0.25, 0.3) is 6.08 Å². The third kappa shape index (κ3) is 3.77. The number of nitrogens with zero attached hydrogens (tertiary/aromatic N) is 1. The molecule has 1 saturated heterocycles. The first-order valence-corrected chi connectivity index (χ1v) is 8.79. The van der Waals surface area contributed by atoms with Crippen molar-refractivity contribution in [1.82, 2.24) is 5.32 Å². The Morgan fingerprint density at radius 1 is 0.833 bits per heavy atom. The number of hydrogen-bond donors (Lipinski definition) is 1. The largest absolute Gasteiger partial charge is 0.497 e. The Morgan fingerprint density at radius 2 is 1.47 bits per heavy atom. The number of carbonyl (C=O) groups excluding carboxylic acids is 3. The van der Waals surface area contributed by atoms with Gasteiger partial charge in [-0.25, -0.2) is 9.69 Å². The van der Waals surface area contributed by atoms with E-state index in [0.717, 1.165) is 4.90 Å². The number of hydrogen-bond acceptors (Lipinski definition) is 7. The lowest BCUT2D eigenvalue weighted by molar-refractivity contribution is -0.122. The SMILES string of the molecule is COc1cccc(N2C(=O)NC(=O)/C(=C/c3c(OC)cc(OC)cc3OC)C2=O)c1. The van der Waals surface area contributed by atoms with Gasteiger partial charge in [0, 0.05) is 18.2 Å². The fourth-order valence-electron chi connectivity index (χ4n) is 2.96. The highest BCUT2D eigenvalue weighted by molar-refractivity contribution is 6.39. The topological polar surface area (TPSA) is 103 Å². The summed E-state index contributed by atoms with van der Waals surface area (Å²) in [6.07, 6.45) is 1.31. The second-order valence-corrected chi connectivity index (χ2v) is 6.10. The van der Waals surface area contributed by atoms with Crippen LogP contribution in [0.4, 0.5) is 10.5 Å². The third-order valence-electron chi connectivity index (χ3n) is 4.46. The first-order valence-electron chi connectivity index (χ1n) is 8.79. The number of imide groups is 2. The minimum atomic E-state index is -0.857. The molecule has 4 amide bonds. The van der Waals surface area contributed by atoms with Crippen LogP contribution in [-0.2, 0) is 9.59 Å². The van der Waals surface area contributed by atoms with E-state index in [-0.39, 0.29) is 11.3 Å². The summed E-state index contributed by atoms with van der Waals surface area (Å²) in [5, 5.41) is 2.18. The van der Waals surface area contributed by atoms with Crippen LogP contribution in [0.5, 0.6) is 23.0 Å². The molecule has 0 spiro atoms. The molecule has 3 rings (SSSR count). The van der Waals surface area contributed by atoms with Crippen LogP contribution < -0.4 is 29.2 Å². The van der Waals surface area contributed by atoms with Crippen LogP contribution in [0.1, 0.15) is 5.56 Å². The van der Waals surface area contributed by atoms with Gasteiger partial charge in [0.05, 0.1) is 39.7 Å². The number of anilines is 1. The average molecular weight is 412 g/mol. The second-order valence-electron chi connectivity index (χ2n) is 6.10. The predicted octanol–water partition coefficient (Wildman–Crippen LogP) is 2.39. The standard InChI is InChI=1S/C21H20N2O7/c1-27-13-7-5-6-12(8-13)23-20(25)16(19(24)22-21(23)26)11-15-17(29-3)9-14(28-2)10-18(15)30-4/h5-11H,1-4H3,(H,22,24,26)/b16-11-. The van der Waals surface area contributed by atoms with Gasteiger partial charge in [-0.2, -0.15) is 0 Å². The number of barbiturate groups is 1. The maximum absolute atomic E-state index is 13.1. The van der Waals surface area contributed by atoms with Crippen LogP contribution in [0.15, 0.2) is 42.0 Å². The molecule has 0 atom stereocenters. The normalized spacial score (nSPS) is 15.1. The van der Waals surface area contributed by atoms with Gasteiger partial charge in [0.2, 0.25) is 0 Å². The highest BCUT2D eigenvalue weighted by Gasteiger charge is 2.37. The van der Waals surface area contributed by atoms with Crippen molar-refractivity contribution in [2.24, 2.45) is 0 Å². The first-order chi connectivity index (χ1) is 14.4. The summed E-state index contributed by atoms with van der Waals surface area (Å²) in [5.74, 6) is -0.0539. The lowest BCUT2D eigenvalue weighted by Gasteiger charge is -2.26. The van der Waals surface area contributed by atoms with E-state index in [9.17, 15) is 14.4 Å². The zero-order valence-corrected chi connectivity index (χ0v) is 16.8. The Labute approximate surface area is 172 Å². The van der Waals surface area contributed by atoms with Crippen molar-refractivity contribution < 1.29 is 33.3 Å². The third-order valence-corrected chi connectivity index (χ3v) is 4.46. The number of methoxy groups -OCH3 is 4. The Bertz CT molecular complexity index is 1020. The van der Waals surface area contributed by atoms with Gasteiger partial charge in [-0.1, -0.05) is 6.07 Å². The van der Waals surface area contributed by atoms with Gasteiger partial charge in [0.1, 0.15) is 28.6 Å². The van der Waals surface area contributed by atoms with Crippen molar-refractivity contribution in [3.8, 4) is 23.0 Å². The van der Waals surface area contributed by atoms with Gasteiger partial charge in [0.15, 0.2) is 0 Å². The maximum atomic E-state index is 13.1. The summed E-state index contributed by atoms with van der Waals surface area (Å²) < 4.78 is 21.1. The molecular weight excluding hydrogens is 392 g/mol. The zero-order chi connectivity index (χ0) is 21.8. The highest BCUT2D eigenvalue weighted by atomic mass is 16.5. The molecule has 0 aliphatic carbocycles. The zero-order valence-electron chi connectivity index (χ0n) is 16.8. The molecule has 0 radical (unpaired) electrons. The van der Waals surface area contributed by atoms with Crippen LogP contribution in [-0.4, -0.2) is 46.3 Å². The van der Waals surface area contributed by atoms with Crippen molar-refractivity contribution in [1.29, 1.82) is 0 Å². The minimum absolute atomic E-state index is 0.254. The Kier molecular flexibility index (Phi) is 5.91. The molecule has 1 N–H and O–H groups in total. The molecule has 0 aromatic heterocycles. The van der Waals surface area contributed by atoms with Gasteiger partial charge < -0.3 is 18.9 Å². The number of benzene rings is 2. The lowest BCUT2D eigenvalue weighted by Crippen LogP contribution is -2.54. The van der Waals surface area contributed by atoms with Gasteiger partial charge in [-0.05, 0) is 18.2 Å². The molecule has 2 aromatic rings. The van der Waals surface area contributed by atoms with Crippen molar-refractivity contribution >= 4 is 29.6 Å². The van der Waals surface area contributed by atoms with Crippen LogP contribution in [0, 0.1) is 0 Å². The summed E-state index contributed by atoms with van der Waals surface area (Å²) in [5.41, 5.74) is 0.335. The molecule has 1 fully saturated rings. The van der Waals surface area contributed by atoms with Gasteiger partial charge in [0.25, 0.3) is 11.8 Å². The molecule has 0 bridgehead atoms. The Balaban J connectivity index is 2.11. The number of rotatable bonds is 6. The fraction of sp³-hybridized carbons (Fsp3) is 0.190. The van der Waals surface area contributed by atoms with Gasteiger partial charge in [-0.15, -0.1) is 0 Å². The molecule has 1 aliphatic heterocycles. The van der Waals surface area contributed by atoms with E-state index < -0.39 is 17.8 Å². The summed E-state index contributed by atoms with van der Waals surface area (Å²) in [6, 6.07) is 8.69. The number of ether oxygens (including phenoxy) is 4. The van der Waals surface area contributed by atoms with Crippen molar-refractivity contribution in [3.05, 3.63) is 47.5 Å². The van der Waals surface area contributed by atoms with Crippen molar-refractivity contribution in [3.63, 3.8) is 0 Å². The molecular formula is C21H20N2O7. The highest BCUT2D eigenvalue weighted by Crippen LogP contribution is 2.36. The molecule has 1 aliphatic rings. The molecule has 0 saturated carbocycles. The van der Waals surface area contributed by atoms with E-state index in [1.807, 2.05) is 0 Å². The van der Waals surface area contributed by atoms with Gasteiger partial charge in [-0.3, -0.25) is 14.9 Å². The molecule has 2 aromatic carbocycles. The molecule has 156 valence electrons. The molecule has 30 heavy (non-hydrogen) atoms. The first kappa shape index (κ1) is 20.7. The summed E-state index contributed by atoms with van der Waals surface area (Å²) in [7, 11) is 5.83. The van der Waals surface area contributed by atoms with E-state index in [2.05, 4.69) is 5.32 Å². The van der Waals surface area contributed by atoms with Crippen LogP contribution >= 0.6 is 0 Å². The number of nitrogens with one attached hydrogen (secondary N) is 1. The minimum Gasteiger partial charge on any atom is -0.497 e. The average Bonchev–Trinajstić information content (AvgIpc) is 2.76. The second kappa shape index (κ2) is 8.56. The Hall–Kier alpha value is -4.01. The summed E-state index contributed by atoms with van der Waals surface area (Å²) >= 11 is 0. The van der Waals surface area contributed by atoms with E-state index in [1.54, 1.807) is 30.3 Å². The van der Waals surface area contributed by atoms with E-state index in [1.165, 1.54) is 40.6 Å². The Morgan fingerprint density at radius 3 is 2.03 bits per heavy atom. The molecule has 0 unspecified atom stereocenters. The van der Waals surface area contributed by atoms with E-state index >= 15 is 0 Å². The number of urea groups is 1. The van der Waals surface area contributed by atoms with E-state index in [0.29, 0.717) is 28.6 Å². The predicted molar refractivity (Wildman–Crippen MR) is 108 cm³/mol. The fourth-order valence-corrected chi connectivity index (χ4v) is 2.96. The molecule has 9 heteroatoms. The summed E-state index contributed by atoms with van der Waals surface area (Å²) in [6.45, 7) is 0. The van der Waals surface area contributed by atoms with E-state index in [4.69, 9.17) is 18.9 Å².